The molecule has 106 valence electrons. The minimum absolute atomic E-state index is 0.0802. The molecular weight excluding hydrogens is 238 g/mol. The maximum atomic E-state index is 9.67. The van der Waals surface area contributed by atoms with Crippen molar-refractivity contribution >= 4 is 5.69 Å². The van der Waals surface area contributed by atoms with Crippen molar-refractivity contribution in [1.29, 1.82) is 0 Å². The molecule has 2 rings (SSSR count). The van der Waals surface area contributed by atoms with Crippen LogP contribution in [0.15, 0.2) is 24.3 Å². The average Bonchev–Trinajstić information content (AvgIpc) is 2.48. The van der Waals surface area contributed by atoms with Gasteiger partial charge in [-0.25, -0.2) is 0 Å². The van der Waals surface area contributed by atoms with E-state index in [9.17, 15) is 5.11 Å². The Kier molecular flexibility index (Phi) is 5.08. The molecule has 2 N–H and O–H groups in total. The molecule has 0 bridgehead atoms. The highest BCUT2D eigenvalue weighted by Crippen LogP contribution is 2.36. The third-order valence-electron chi connectivity index (χ3n) is 4.08. The van der Waals surface area contributed by atoms with Crippen molar-refractivity contribution in [2.45, 2.75) is 39.0 Å². The van der Waals surface area contributed by atoms with Crippen molar-refractivity contribution in [3.8, 4) is 5.75 Å². The molecule has 1 aromatic carbocycles. The number of anilines is 1. The van der Waals surface area contributed by atoms with Crippen LogP contribution in [-0.4, -0.2) is 24.9 Å². The molecule has 0 unspecified atom stereocenters. The highest BCUT2D eigenvalue weighted by Gasteiger charge is 2.30. The van der Waals surface area contributed by atoms with Crippen LogP contribution < -0.4 is 10.1 Å². The normalized spacial score (nSPS) is 18.0. The van der Waals surface area contributed by atoms with Gasteiger partial charge in [0.15, 0.2) is 0 Å². The third kappa shape index (κ3) is 3.87. The third-order valence-corrected chi connectivity index (χ3v) is 4.08. The lowest BCUT2D eigenvalue weighted by Crippen LogP contribution is -2.35. The van der Waals surface area contributed by atoms with Crippen molar-refractivity contribution in [2.75, 3.05) is 25.1 Å². The van der Waals surface area contributed by atoms with E-state index in [1.807, 2.05) is 31.2 Å². The van der Waals surface area contributed by atoms with E-state index in [1.165, 1.54) is 19.3 Å². The summed E-state index contributed by atoms with van der Waals surface area (Å²) in [5.74, 6) is 0.905. The van der Waals surface area contributed by atoms with Crippen LogP contribution in [0.25, 0.3) is 0 Å². The van der Waals surface area contributed by atoms with Gasteiger partial charge in [0.2, 0.25) is 0 Å². The number of hydrogen-bond acceptors (Lipinski definition) is 3. The van der Waals surface area contributed by atoms with Crippen molar-refractivity contribution in [3.63, 3.8) is 0 Å². The number of aliphatic hydroxyl groups is 1. The Bertz CT molecular complexity index is 369. The Hall–Kier alpha value is -1.22. The maximum Gasteiger partial charge on any atom is 0.119 e. The Labute approximate surface area is 116 Å². The summed E-state index contributed by atoms with van der Waals surface area (Å²) in [4.78, 5) is 0. The van der Waals surface area contributed by atoms with Crippen molar-refractivity contribution in [2.24, 2.45) is 5.41 Å². The average molecular weight is 263 g/mol. The molecular formula is C16H25NO2. The summed E-state index contributed by atoms with van der Waals surface area (Å²) in [6.07, 6.45) is 6.06. The van der Waals surface area contributed by atoms with E-state index in [0.29, 0.717) is 6.61 Å². The van der Waals surface area contributed by atoms with Gasteiger partial charge in [0.05, 0.1) is 13.2 Å². The highest BCUT2D eigenvalue weighted by atomic mass is 16.5. The van der Waals surface area contributed by atoms with E-state index in [1.54, 1.807) is 0 Å². The predicted octanol–water partition coefficient (Wildman–Crippen LogP) is 3.44. The summed E-state index contributed by atoms with van der Waals surface area (Å²) in [5.41, 5.74) is 1.18. The van der Waals surface area contributed by atoms with Crippen LogP contribution in [0.2, 0.25) is 0 Å². The van der Waals surface area contributed by atoms with Gasteiger partial charge < -0.3 is 15.2 Å². The Morgan fingerprint density at radius 1 is 1.16 bits per heavy atom. The minimum atomic E-state index is 0.0802. The first-order valence-corrected chi connectivity index (χ1v) is 7.36. The smallest absolute Gasteiger partial charge is 0.119 e. The molecule has 0 amide bonds. The molecule has 1 aliphatic carbocycles. The van der Waals surface area contributed by atoms with E-state index >= 15 is 0 Å². The maximum absolute atomic E-state index is 9.67. The predicted molar refractivity (Wildman–Crippen MR) is 78.7 cm³/mol. The Morgan fingerprint density at radius 2 is 1.84 bits per heavy atom. The molecule has 19 heavy (non-hydrogen) atoms. The van der Waals surface area contributed by atoms with Crippen molar-refractivity contribution < 1.29 is 9.84 Å². The second-order valence-electron chi connectivity index (χ2n) is 5.53. The van der Waals surface area contributed by atoms with Gasteiger partial charge in [-0.05, 0) is 44.0 Å². The van der Waals surface area contributed by atoms with E-state index < -0.39 is 0 Å². The lowest BCUT2D eigenvalue weighted by molar-refractivity contribution is 0.0944. The molecule has 3 heteroatoms. The lowest BCUT2D eigenvalue weighted by atomic mass is 9.74. The monoisotopic (exact) mass is 263 g/mol. The molecule has 0 aliphatic heterocycles. The first kappa shape index (κ1) is 14.2. The van der Waals surface area contributed by atoms with Crippen molar-refractivity contribution in [1.82, 2.24) is 0 Å². The van der Waals surface area contributed by atoms with E-state index in [4.69, 9.17) is 4.74 Å². The van der Waals surface area contributed by atoms with Crippen molar-refractivity contribution in [3.05, 3.63) is 24.3 Å². The van der Waals surface area contributed by atoms with Crippen LogP contribution in [0.5, 0.6) is 5.75 Å². The SMILES string of the molecule is CCOc1ccc(NCC2(CO)CCCCC2)cc1. The fourth-order valence-electron chi connectivity index (χ4n) is 2.82. The van der Waals surface area contributed by atoms with E-state index in [-0.39, 0.29) is 12.0 Å². The number of hydrogen-bond donors (Lipinski definition) is 2. The number of nitrogens with one attached hydrogen (secondary N) is 1. The fourth-order valence-corrected chi connectivity index (χ4v) is 2.82. The standard InChI is InChI=1S/C16H25NO2/c1-2-19-15-8-6-14(7-9-15)17-12-16(13-18)10-4-3-5-11-16/h6-9,17-18H,2-5,10-13H2,1H3. The van der Waals surface area contributed by atoms with Gasteiger partial charge in [-0.3, -0.25) is 0 Å². The zero-order valence-corrected chi connectivity index (χ0v) is 11.8. The molecule has 1 aromatic rings. The quantitative estimate of drug-likeness (QED) is 0.826. The highest BCUT2D eigenvalue weighted by molar-refractivity contribution is 5.46. The molecule has 1 fully saturated rings. The second-order valence-corrected chi connectivity index (χ2v) is 5.53. The van der Waals surface area contributed by atoms with Gasteiger partial charge in [-0.2, -0.15) is 0 Å². The zero-order valence-electron chi connectivity index (χ0n) is 11.8. The van der Waals surface area contributed by atoms with E-state index in [2.05, 4.69) is 5.32 Å². The van der Waals surface area contributed by atoms with Gasteiger partial charge in [0.1, 0.15) is 5.75 Å². The van der Waals surface area contributed by atoms with Crippen LogP contribution in [0.3, 0.4) is 0 Å². The fraction of sp³-hybridized carbons (Fsp3) is 0.625. The molecule has 0 aromatic heterocycles. The Balaban J connectivity index is 1.89. The van der Waals surface area contributed by atoms with E-state index in [0.717, 1.165) is 30.8 Å². The topological polar surface area (TPSA) is 41.5 Å². The molecule has 0 atom stereocenters. The summed E-state index contributed by atoms with van der Waals surface area (Å²) >= 11 is 0. The largest absolute Gasteiger partial charge is 0.494 e. The Morgan fingerprint density at radius 3 is 2.42 bits per heavy atom. The molecule has 1 aliphatic rings. The summed E-state index contributed by atoms with van der Waals surface area (Å²) in [6.45, 7) is 3.83. The van der Waals surface area contributed by atoms with Gasteiger partial charge in [0, 0.05) is 17.6 Å². The second kappa shape index (κ2) is 6.80. The first-order valence-electron chi connectivity index (χ1n) is 7.36. The molecule has 0 saturated heterocycles. The summed E-state index contributed by atoms with van der Waals surface area (Å²) < 4.78 is 5.43. The van der Waals surface area contributed by atoms with Crippen LogP contribution in [0.4, 0.5) is 5.69 Å². The van der Waals surface area contributed by atoms with Crippen LogP contribution in [0, 0.1) is 5.41 Å². The molecule has 1 saturated carbocycles. The number of aliphatic hydroxyl groups excluding tert-OH is 1. The number of ether oxygens (including phenoxy) is 1. The summed E-state index contributed by atoms with van der Waals surface area (Å²) in [7, 11) is 0. The van der Waals surface area contributed by atoms with Gasteiger partial charge in [-0.1, -0.05) is 19.3 Å². The van der Waals surface area contributed by atoms with Crippen LogP contribution >= 0.6 is 0 Å². The zero-order chi connectivity index (χ0) is 13.6. The molecule has 0 heterocycles. The van der Waals surface area contributed by atoms with Gasteiger partial charge >= 0.3 is 0 Å². The molecule has 0 spiro atoms. The number of benzene rings is 1. The molecule has 0 radical (unpaired) electrons. The van der Waals surface area contributed by atoms with Gasteiger partial charge in [-0.15, -0.1) is 0 Å². The van der Waals surface area contributed by atoms with Gasteiger partial charge in [0.25, 0.3) is 0 Å². The van der Waals surface area contributed by atoms with Crippen LogP contribution in [-0.2, 0) is 0 Å². The van der Waals surface area contributed by atoms with Crippen LogP contribution in [0.1, 0.15) is 39.0 Å². The minimum Gasteiger partial charge on any atom is -0.494 e. The summed E-state index contributed by atoms with van der Waals surface area (Å²) in [6, 6.07) is 8.05. The first-order chi connectivity index (χ1) is 9.28. The lowest BCUT2D eigenvalue weighted by Gasteiger charge is -2.36. The molecule has 3 nitrogen and oxygen atoms in total. The summed E-state index contributed by atoms with van der Waals surface area (Å²) in [5, 5.41) is 13.1. The number of rotatable bonds is 6.